The number of aromatic nitrogens is 2. The van der Waals surface area contributed by atoms with E-state index in [2.05, 4.69) is 23.8 Å². The second-order valence-electron chi connectivity index (χ2n) is 6.59. The topological polar surface area (TPSA) is 61.3 Å². The predicted octanol–water partition coefficient (Wildman–Crippen LogP) is 5.31. The van der Waals surface area contributed by atoms with Crippen LogP contribution in [0.1, 0.15) is 80.7 Å². The molecule has 0 spiro atoms. The summed E-state index contributed by atoms with van der Waals surface area (Å²) in [5, 5.41) is 0. The van der Waals surface area contributed by atoms with Gasteiger partial charge in [0.05, 0.1) is 6.61 Å². The first-order valence-corrected chi connectivity index (χ1v) is 9.92. The van der Waals surface area contributed by atoms with Crippen molar-refractivity contribution in [1.29, 1.82) is 0 Å². The zero-order valence-electron chi connectivity index (χ0n) is 16.6. The molecule has 1 aromatic heterocycles. The van der Waals surface area contributed by atoms with Crippen molar-refractivity contribution in [3.05, 3.63) is 53.6 Å². The van der Waals surface area contributed by atoms with Crippen molar-refractivity contribution in [2.24, 2.45) is 0 Å². The second kappa shape index (κ2) is 11.3. The fourth-order valence-electron chi connectivity index (χ4n) is 2.77. The standard InChI is InChI=1S/C22H30N2O3/c1-4-7-8-14-26-19-12-10-18(11-13-19)20(6-3)27-22(25)21-23-15-17(9-5-2)16-24-21/h10-13,15-16,20H,4-9,14H2,1-3H3. The number of esters is 1. The van der Waals surface area contributed by atoms with Crippen LogP contribution in [0.5, 0.6) is 5.75 Å². The van der Waals surface area contributed by atoms with Crippen LogP contribution in [0.2, 0.25) is 0 Å². The average Bonchev–Trinajstić information content (AvgIpc) is 2.70. The normalized spacial score (nSPS) is 11.8. The van der Waals surface area contributed by atoms with E-state index in [1.165, 1.54) is 12.8 Å². The molecule has 1 aromatic carbocycles. The molecule has 0 fully saturated rings. The quantitative estimate of drug-likeness (QED) is 0.396. The first kappa shape index (κ1) is 20.9. The minimum Gasteiger partial charge on any atom is -0.494 e. The molecule has 0 amide bonds. The monoisotopic (exact) mass is 370 g/mol. The smallest absolute Gasteiger partial charge is 0.376 e. The summed E-state index contributed by atoms with van der Waals surface area (Å²) in [4.78, 5) is 20.6. The molecule has 0 radical (unpaired) electrons. The van der Waals surface area contributed by atoms with Gasteiger partial charge < -0.3 is 9.47 Å². The number of carbonyl (C=O) groups excluding carboxylic acids is 1. The van der Waals surface area contributed by atoms with Crippen LogP contribution >= 0.6 is 0 Å². The van der Waals surface area contributed by atoms with E-state index in [4.69, 9.17) is 9.47 Å². The largest absolute Gasteiger partial charge is 0.494 e. The van der Waals surface area contributed by atoms with Crippen LogP contribution in [0.3, 0.4) is 0 Å². The minimum atomic E-state index is -0.496. The highest BCUT2D eigenvalue weighted by atomic mass is 16.5. The van der Waals surface area contributed by atoms with Crippen LogP contribution in [-0.4, -0.2) is 22.5 Å². The third-order valence-corrected chi connectivity index (χ3v) is 4.32. The number of hydrogen-bond acceptors (Lipinski definition) is 5. The third kappa shape index (κ3) is 6.66. The maximum Gasteiger partial charge on any atom is 0.376 e. The number of nitrogens with zero attached hydrogens (tertiary/aromatic N) is 2. The maximum absolute atomic E-state index is 12.4. The molecule has 1 atom stereocenters. The number of carbonyl (C=O) groups is 1. The van der Waals surface area contributed by atoms with Gasteiger partial charge in [-0.05, 0) is 42.5 Å². The Morgan fingerprint density at radius 2 is 1.70 bits per heavy atom. The van der Waals surface area contributed by atoms with E-state index in [0.29, 0.717) is 6.42 Å². The zero-order chi connectivity index (χ0) is 19.5. The molecule has 0 saturated carbocycles. The summed E-state index contributed by atoms with van der Waals surface area (Å²) < 4.78 is 11.3. The first-order valence-electron chi connectivity index (χ1n) is 9.92. The van der Waals surface area contributed by atoms with Crippen LogP contribution in [0.15, 0.2) is 36.7 Å². The van der Waals surface area contributed by atoms with Gasteiger partial charge in [0.1, 0.15) is 11.9 Å². The van der Waals surface area contributed by atoms with E-state index in [9.17, 15) is 4.79 Å². The number of rotatable bonds is 11. The Balaban J connectivity index is 1.94. The van der Waals surface area contributed by atoms with Gasteiger partial charge in [0.15, 0.2) is 0 Å². The van der Waals surface area contributed by atoms with Crippen molar-refractivity contribution < 1.29 is 14.3 Å². The van der Waals surface area contributed by atoms with Crippen LogP contribution in [-0.2, 0) is 11.2 Å². The van der Waals surface area contributed by atoms with Crippen molar-refractivity contribution in [2.75, 3.05) is 6.61 Å². The summed E-state index contributed by atoms with van der Waals surface area (Å²) in [6.07, 6.45) is 9.07. The lowest BCUT2D eigenvalue weighted by molar-refractivity contribution is 0.0273. The van der Waals surface area contributed by atoms with Gasteiger partial charge in [0.2, 0.25) is 5.82 Å². The molecule has 0 aliphatic rings. The molecule has 2 aromatic rings. The van der Waals surface area contributed by atoms with E-state index in [1.54, 1.807) is 12.4 Å². The molecule has 0 bridgehead atoms. The molecule has 5 heteroatoms. The Morgan fingerprint density at radius 1 is 1.00 bits per heavy atom. The lowest BCUT2D eigenvalue weighted by atomic mass is 10.1. The summed E-state index contributed by atoms with van der Waals surface area (Å²) in [7, 11) is 0. The average molecular weight is 370 g/mol. The fourth-order valence-corrected chi connectivity index (χ4v) is 2.77. The summed E-state index contributed by atoms with van der Waals surface area (Å²) in [5.74, 6) is 0.444. The molecule has 2 rings (SSSR count). The van der Waals surface area contributed by atoms with E-state index < -0.39 is 5.97 Å². The number of unbranched alkanes of at least 4 members (excludes halogenated alkanes) is 2. The van der Waals surface area contributed by atoms with Crippen molar-refractivity contribution in [2.45, 2.75) is 65.4 Å². The lowest BCUT2D eigenvalue weighted by Gasteiger charge is -2.16. The van der Waals surface area contributed by atoms with Crippen LogP contribution in [0.4, 0.5) is 0 Å². The van der Waals surface area contributed by atoms with Gasteiger partial charge in [-0.3, -0.25) is 0 Å². The Morgan fingerprint density at radius 3 is 2.30 bits per heavy atom. The van der Waals surface area contributed by atoms with Crippen molar-refractivity contribution in [3.63, 3.8) is 0 Å². The highest BCUT2D eigenvalue weighted by Crippen LogP contribution is 2.24. The number of hydrogen-bond donors (Lipinski definition) is 0. The zero-order valence-corrected chi connectivity index (χ0v) is 16.6. The van der Waals surface area contributed by atoms with Gasteiger partial charge in [0.25, 0.3) is 0 Å². The molecule has 0 N–H and O–H groups in total. The molecular weight excluding hydrogens is 340 g/mol. The maximum atomic E-state index is 12.4. The molecular formula is C22H30N2O3. The van der Waals surface area contributed by atoms with Gasteiger partial charge in [-0.15, -0.1) is 0 Å². The Kier molecular flexibility index (Phi) is 8.75. The van der Waals surface area contributed by atoms with Gasteiger partial charge >= 0.3 is 5.97 Å². The highest BCUT2D eigenvalue weighted by Gasteiger charge is 2.18. The van der Waals surface area contributed by atoms with Crippen LogP contribution in [0.25, 0.3) is 0 Å². The molecule has 1 heterocycles. The number of benzene rings is 1. The SMILES string of the molecule is CCCCCOc1ccc(C(CC)OC(=O)c2ncc(CCC)cn2)cc1. The number of ether oxygens (including phenoxy) is 2. The lowest BCUT2D eigenvalue weighted by Crippen LogP contribution is -2.14. The molecule has 5 nitrogen and oxygen atoms in total. The van der Waals surface area contributed by atoms with Gasteiger partial charge in [-0.2, -0.15) is 0 Å². The summed E-state index contributed by atoms with van der Waals surface area (Å²) in [6, 6.07) is 7.74. The van der Waals surface area contributed by atoms with Gasteiger partial charge in [-0.1, -0.05) is 52.2 Å². The van der Waals surface area contributed by atoms with Crippen molar-refractivity contribution in [1.82, 2.24) is 9.97 Å². The third-order valence-electron chi connectivity index (χ3n) is 4.32. The predicted molar refractivity (Wildman–Crippen MR) is 106 cm³/mol. The van der Waals surface area contributed by atoms with Crippen LogP contribution < -0.4 is 4.74 Å². The van der Waals surface area contributed by atoms with E-state index in [-0.39, 0.29) is 11.9 Å². The second-order valence-corrected chi connectivity index (χ2v) is 6.59. The van der Waals surface area contributed by atoms with Gasteiger partial charge in [-0.25, -0.2) is 14.8 Å². The summed E-state index contributed by atoms with van der Waals surface area (Å²) in [5.41, 5.74) is 1.96. The first-order chi connectivity index (χ1) is 13.2. The molecule has 146 valence electrons. The fraction of sp³-hybridized carbons (Fsp3) is 0.500. The summed E-state index contributed by atoms with van der Waals surface area (Å²) in [6.45, 7) is 6.98. The van der Waals surface area contributed by atoms with E-state index in [1.807, 2.05) is 31.2 Å². The Labute approximate surface area is 162 Å². The number of aryl methyl sites for hydroxylation is 1. The summed E-state index contributed by atoms with van der Waals surface area (Å²) >= 11 is 0. The van der Waals surface area contributed by atoms with Gasteiger partial charge in [0, 0.05) is 12.4 Å². The highest BCUT2D eigenvalue weighted by molar-refractivity contribution is 5.85. The Hall–Kier alpha value is -2.43. The molecule has 1 unspecified atom stereocenters. The van der Waals surface area contributed by atoms with Crippen molar-refractivity contribution in [3.8, 4) is 5.75 Å². The van der Waals surface area contributed by atoms with E-state index >= 15 is 0 Å². The van der Waals surface area contributed by atoms with Crippen molar-refractivity contribution >= 4 is 5.97 Å². The van der Waals surface area contributed by atoms with E-state index in [0.717, 1.165) is 42.7 Å². The minimum absolute atomic E-state index is 0.101. The molecule has 27 heavy (non-hydrogen) atoms. The molecule has 0 aliphatic heterocycles. The van der Waals surface area contributed by atoms with Crippen LogP contribution in [0, 0.1) is 0 Å². The Bertz CT molecular complexity index is 684. The molecule has 0 aliphatic carbocycles. The molecule has 0 saturated heterocycles.